The van der Waals surface area contributed by atoms with Crippen molar-refractivity contribution in [3.05, 3.63) is 28.8 Å². The van der Waals surface area contributed by atoms with Crippen LogP contribution in [0.1, 0.15) is 16.7 Å². The van der Waals surface area contributed by atoms with Gasteiger partial charge in [0.05, 0.1) is 24.7 Å². The maximum atomic E-state index is 12.3. The first-order valence-corrected chi connectivity index (χ1v) is 8.27. The van der Waals surface area contributed by atoms with Crippen LogP contribution >= 0.6 is 0 Å². The van der Waals surface area contributed by atoms with Crippen LogP contribution in [-0.4, -0.2) is 41.9 Å². The number of hydrogen-bond donors (Lipinski definition) is 2. The maximum Gasteiger partial charge on any atom is 0.240 e. The van der Waals surface area contributed by atoms with Crippen molar-refractivity contribution in [1.82, 2.24) is 4.72 Å². The zero-order valence-electron chi connectivity index (χ0n) is 12.8. The van der Waals surface area contributed by atoms with Crippen LogP contribution in [0.3, 0.4) is 0 Å². The molecule has 0 saturated heterocycles. The monoisotopic (exact) mass is 316 g/mol. The Morgan fingerprint density at radius 1 is 1.19 bits per heavy atom. The second kappa shape index (κ2) is 8.45. The molecule has 0 fully saturated rings. The number of hydrogen-bond acceptors (Lipinski definition) is 5. The molecule has 21 heavy (non-hydrogen) atoms. The zero-order chi connectivity index (χ0) is 15.9. The molecule has 0 atom stereocenters. The molecule has 0 amide bonds. The van der Waals surface area contributed by atoms with E-state index in [0.717, 1.165) is 16.7 Å². The third-order valence-corrected chi connectivity index (χ3v) is 4.76. The molecule has 0 aromatic heterocycles. The van der Waals surface area contributed by atoms with Gasteiger partial charge in [0.15, 0.2) is 0 Å². The summed E-state index contributed by atoms with van der Waals surface area (Å²) in [6.07, 6.45) is 0. The molecule has 0 unspecified atom stereocenters. The van der Waals surface area contributed by atoms with Gasteiger partial charge in [0.1, 0.15) is 0 Å². The third kappa shape index (κ3) is 5.37. The smallest absolute Gasteiger partial charge is 0.240 e. The van der Waals surface area contributed by atoms with Crippen LogP contribution in [0.2, 0.25) is 0 Å². The van der Waals surface area contributed by atoms with Crippen molar-refractivity contribution in [2.24, 2.45) is 5.73 Å². The first kappa shape index (κ1) is 18.1. The Morgan fingerprint density at radius 3 is 2.52 bits per heavy atom. The van der Waals surface area contributed by atoms with E-state index in [9.17, 15) is 8.42 Å². The summed E-state index contributed by atoms with van der Waals surface area (Å²) < 4.78 is 37.3. The van der Waals surface area contributed by atoms with E-state index in [1.54, 1.807) is 20.1 Å². The average molecular weight is 316 g/mol. The number of nitrogens with one attached hydrogen (secondary N) is 1. The van der Waals surface area contributed by atoms with Crippen LogP contribution in [0.15, 0.2) is 17.0 Å². The number of nitrogens with two attached hydrogens (primary N) is 1. The van der Waals surface area contributed by atoms with E-state index in [-0.39, 0.29) is 11.4 Å². The highest BCUT2D eigenvalue weighted by Gasteiger charge is 2.18. The first-order valence-electron chi connectivity index (χ1n) is 6.79. The standard InChI is InChI=1S/C14H24N2O4S/c1-11-8-13(10-15)9-14(12(11)2)21(17,18)16-4-5-20-7-6-19-3/h8-9,16H,4-7,10,15H2,1-3H3. The van der Waals surface area contributed by atoms with Crippen molar-refractivity contribution < 1.29 is 17.9 Å². The average Bonchev–Trinajstić information content (AvgIpc) is 2.45. The van der Waals surface area contributed by atoms with E-state index in [0.29, 0.717) is 26.4 Å². The largest absolute Gasteiger partial charge is 0.382 e. The highest BCUT2D eigenvalue weighted by atomic mass is 32.2. The number of rotatable bonds is 9. The van der Waals surface area contributed by atoms with Gasteiger partial charge in [-0.25, -0.2) is 13.1 Å². The highest BCUT2D eigenvalue weighted by Crippen LogP contribution is 2.20. The van der Waals surface area contributed by atoms with Crippen LogP contribution in [0.5, 0.6) is 0 Å². The fourth-order valence-electron chi connectivity index (χ4n) is 1.87. The molecule has 1 aromatic rings. The van der Waals surface area contributed by atoms with Crippen LogP contribution in [0.25, 0.3) is 0 Å². The summed E-state index contributed by atoms with van der Waals surface area (Å²) in [6.45, 7) is 5.43. The Labute approximate surface area is 126 Å². The van der Waals surface area contributed by atoms with Crippen LogP contribution in [-0.2, 0) is 26.0 Å². The maximum absolute atomic E-state index is 12.3. The lowest BCUT2D eigenvalue weighted by Crippen LogP contribution is -2.28. The second-order valence-electron chi connectivity index (χ2n) is 4.74. The molecule has 7 heteroatoms. The van der Waals surface area contributed by atoms with Crippen molar-refractivity contribution in [3.63, 3.8) is 0 Å². The lowest BCUT2D eigenvalue weighted by atomic mass is 10.1. The molecular formula is C14H24N2O4S. The predicted molar refractivity (Wildman–Crippen MR) is 81.7 cm³/mol. The van der Waals surface area contributed by atoms with Gasteiger partial charge < -0.3 is 15.2 Å². The van der Waals surface area contributed by atoms with E-state index in [1.165, 1.54) is 0 Å². The fraction of sp³-hybridized carbons (Fsp3) is 0.571. The quantitative estimate of drug-likeness (QED) is 0.655. The van der Waals surface area contributed by atoms with Crippen molar-refractivity contribution in [1.29, 1.82) is 0 Å². The third-order valence-electron chi connectivity index (χ3n) is 3.17. The molecule has 0 spiro atoms. The highest BCUT2D eigenvalue weighted by molar-refractivity contribution is 7.89. The molecule has 0 aliphatic rings. The van der Waals surface area contributed by atoms with E-state index in [1.807, 2.05) is 13.0 Å². The van der Waals surface area contributed by atoms with Gasteiger partial charge in [-0.1, -0.05) is 6.07 Å². The molecular weight excluding hydrogens is 292 g/mol. The van der Waals surface area contributed by atoms with Gasteiger partial charge in [0.25, 0.3) is 0 Å². The van der Waals surface area contributed by atoms with E-state index in [2.05, 4.69) is 4.72 Å². The van der Waals surface area contributed by atoms with Crippen LogP contribution in [0, 0.1) is 13.8 Å². The molecule has 1 rings (SSSR count). The molecule has 120 valence electrons. The Kier molecular flexibility index (Phi) is 7.27. The van der Waals surface area contributed by atoms with Gasteiger partial charge in [-0.2, -0.15) is 0 Å². The second-order valence-corrected chi connectivity index (χ2v) is 6.48. The summed E-state index contributed by atoms with van der Waals surface area (Å²) in [7, 11) is -1.97. The molecule has 1 aromatic carbocycles. The summed E-state index contributed by atoms with van der Waals surface area (Å²) in [5, 5.41) is 0. The first-order chi connectivity index (χ1) is 9.92. The summed E-state index contributed by atoms with van der Waals surface area (Å²) in [4.78, 5) is 0.278. The van der Waals surface area contributed by atoms with E-state index in [4.69, 9.17) is 15.2 Å². The molecule has 0 aliphatic heterocycles. The minimum absolute atomic E-state index is 0.220. The summed E-state index contributed by atoms with van der Waals surface area (Å²) in [6, 6.07) is 3.53. The van der Waals surface area contributed by atoms with Crippen LogP contribution < -0.4 is 10.5 Å². The number of aryl methyl sites for hydroxylation is 1. The van der Waals surface area contributed by atoms with Crippen molar-refractivity contribution in [3.8, 4) is 0 Å². The Morgan fingerprint density at radius 2 is 1.90 bits per heavy atom. The van der Waals surface area contributed by atoms with E-state index < -0.39 is 10.0 Å². The lowest BCUT2D eigenvalue weighted by Gasteiger charge is -2.13. The van der Waals surface area contributed by atoms with Gasteiger partial charge in [-0.15, -0.1) is 0 Å². The number of sulfonamides is 1. The van der Waals surface area contributed by atoms with E-state index >= 15 is 0 Å². The molecule has 0 saturated carbocycles. The fourth-order valence-corrected chi connectivity index (χ4v) is 3.24. The molecule has 0 heterocycles. The van der Waals surface area contributed by atoms with Crippen LogP contribution in [0.4, 0.5) is 0 Å². The normalized spacial score (nSPS) is 11.8. The molecule has 0 aliphatic carbocycles. The lowest BCUT2D eigenvalue weighted by molar-refractivity contribution is 0.0736. The molecule has 3 N–H and O–H groups in total. The molecule has 0 bridgehead atoms. The predicted octanol–water partition coefficient (Wildman–Crippen LogP) is 0.703. The van der Waals surface area contributed by atoms with Gasteiger partial charge in [0.2, 0.25) is 10.0 Å². The van der Waals surface area contributed by atoms with Gasteiger partial charge in [-0.05, 0) is 36.6 Å². The van der Waals surface area contributed by atoms with Gasteiger partial charge in [0, 0.05) is 20.2 Å². The zero-order valence-corrected chi connectivity index (χ0v) is 13.6. The molecule has 6 nitrogen and oxygen atoms in total. The van der Waals surface area contributed by atoms with Crippen molar-refractivity contribution in [2.45, 2.75) is 25.3 Å². The minimum atomic E-state index is -3.56. The SMILES string of the molecule is COCCOCCNS(=O)(=O)c1cc(CN)cc(C)c1C. The topological polar surface area (TPSA) is 90.6 Å². The Balaban J connectivity index is 2.72. The Bertz CT molecular complexity index is 558. The molecule has 0 radical (unpaired) electrons. The summed E-state index contributed by atoms with van der Waals surface area (Å²) >= 11 is 0. The summed E-state index contributed by atoms with van der Waals surface area (Å²) in [5.41, 5.74) is 8.05. The van der Waals surface area contributed by atoms with Crippen molar-refractivity contribution in [2.75, 3.05) is 33.5 Å². The van der Waals surface area contributed by atoms with Gasteiger partial charge >= 0.3 is 0 Å². The number of methoxy groups -OCH3 is 1. The Hall–Kier alpha value is -0.990. The van der Waals surface area contributed by atoms with Crippen molar-refractivity contribution >= 4 is 10.0 Å². The minimum Gasteiger partial charge on any atom is -0.382 e. The summed E-state index contributed by atoms with van der Waals surface area (Å²) in [5.74, 6) is 0. The van der Waals surface area contributed by atoms with Gasteiger partial charge in [-0.3, -0.25) is 0 Å². The number of benzene rings is 1. The number of ether oxygens (including phenoxy) is 2.